The topological polar surface area (TPSA) is 29.1 Å². The molecule has 1 N–H and O–H groups in total. The minimum absolute atomic E-state index is 0.0587. The van der Waals surface area contributed by atoms with E-state index in [0.717, 1.165) is 31.4 Å². The number of carbonyl (C=O) groups excluding carboxylic acids is 1. The summed E-state index contributed by atoms with van der Waals surface area (Å²) < 4.78 is 51.5. The van der Waals surface area contributed by atoms with Crippen LogP contribution in [0.15, 0.2) is 18.2 Å². The monoisotopic (exact) mass is 323 g/mol. The predicted molar refractivity (Wildman–Crippen MR) is 70.7 cm³/mol. The smallest absolute Gasteiger partial charge is 0.352 e. The molecule has 0 aromatic heterocycles. The highest BCUT2D eigenvalue weighted by molar-refractivity contribution is 6.21. The van der Waals surface area contributed by atoms with Crippen LogP contribution >= 0.6 is 11.6 Å². The summed E-state index contributed by atoms with van der Waals surface area (Å²) in [4.78, 5) is 11.8. The summed E-state index contributed by atoms with van der Waals surface area (Å²) in [5.74, 6) is -2.32. The van der Waals surface area contributed by atoms with Gasteiger partial charge in [-0.15, -0.1) is 11.6 Å². The molecule has 0 bridgehead atoms. The van der Waals surface area contributed by atoms with Gasteiger partial charge in [-0.2, -0.15) is 13.2 Å². The number of nitrogens with one attached hydrogen (secondary N) is 1. The molecule has 7 heteroatoms. The fourth-order valence-corrected chi connectivity index (χ4v) is 2.84. The second-order valence-electron chi connectivity index (χ2n) is 5.08. The van der Waals surface area contributed by atoms with Crippen molar-refractivity contribution in [2.45, 2.75) is 30.8 Å². The molecule has 2 rings (SSSR count). The minimum Gasteiger partial charge on any atom is -0.352 e. The molecule has 1 aromatic rings. The number of rotatable bonds is 3. The third kappa shape index (κ3) is 3.67. The second-order valence-corrected chi connectivity index (χ2v) is 5.64. The number of hydrogen-bond donors (Lipinski definition) is 1. The Labute approximate surface area is 124 Å². The van der Waals surface area contributed by atoms with E-state index in [-0.39, 0.29) is 17.8 Å². The molecule has 0 radical (unpaired) electrons. The number of amides is 1. The van der Waals surface area contributed by atoms with Crippen LogP contribution in [-0.2, 0) is 6.18 Å². The number of alkyl halides is 4. The van der Waals surface area contributed by atoms with Crippen LogP contribution in [0.4, 0.5) is 17.6 Å². The maximum Gasteiger partial charge on any atom is 0.419 e. The second kappa shape index (κ2) is 6.22. The molecular formula is C14H14ClF4NO. The first-order valence-electron chi connectivity index (χ1n) is 6.58. The lowest BCUT2D eigenvalue weighted by Crippen LogP contribution is -2.32. The highest BCUT2D eigenvalue weighted by Gasteiger charge is 2.35. The van der Waals surface area contributed by atoms with Gasteiger partial charge in [0.25, 0.3) is 5.91 Å². The highest BCUT2D eigenvalue weighted by Crippen LogP contribution is 2.32. The van der Waals surface area contributed by atoms with Crippen molar-refractivity contribution in [1.82, 2.24) is 5.32 Å². The van der Waals surface area contributed by atoms with E-state index in [9.17, 15) is 22.4 Å². The van der Waals surface area contributed by atoms with Gasteiger partial charge in [0, 0.05) is 11.9 Å². The third-order valence-electron chi connectivity index (χ3n) is 3.64. The van der Waals surface area contributed by atoms with Crippen LogP contribution in [0.5, 0.6) is 0 Å². The minimum atomic E-state index is -4.83. The Balaban J connectivity index is 2.09. The van der Waals surface area contributed by atoms with Crippen molar-refractivity contribution in [3.63, 3.8) is 0 Å². The van der Waals surface area contributed by atoms with Crippen LogP contribution in [0.1, 0.15) is 35.2 Å². The Kier molecular flexibility index (Phi) is 4.76. The maximum atomic E-state index is 13.8. The van der Waals surface area contributed by atoms with E-state index in [1.54, 1.807) is 0 Å². The van der Waals surface area contributed by atoms with Crippen LogP contribution in [0, 0.1) is 11.7 Å². The molecule has 21 heavy (non-hydrogen) atoms. The number of hydrogen-bond acceptors (Lipinski definition) is 1. The summed E-state index contributed by atoms with van der Waals surface area (Å²) in [5, 5.41) is 2.40. The van der Waals surface area contributed by atoms with Crippen molar-refractivity contribution in [2.75, 3.05) is 6.54 Å². The largest absolute Gasteiger partial charge is 0.419 e. The van der Waals surface area contributed by atoms with Gasteiger partial charge >= 0.3 is 6.18 Å². The lowest BCUT2D eigenvalue weighted by Gasteiger charge is -2.15. The van der Waals surface area contributed by atoms with Gasteiger partial charge in [0.2, 0.25) is 0 Å². The lowest BCUT2D eigenvalue weighted by molar-refractivity contribution is -0.140. The average Bonchev–Trinajstić information content (AvgIpc) is 2.80. The SMILES string of the molecule is O=C(NCC1CCCC1Cl)c1cccc(C(F)(F)F)c1F. The first-order chi connectivity index (χ1) is 9.80. The van der Waals surface area contributed by atoms with Gasteiger partial charge in [-0.3, -0.25) is 4.79 Å². The Bertz CT molecular complexity index is 532. The first-order valence-corrected chi connectivity index (χ1v) is 7.02. The van der Waals surface area contributed by atoms with Crippen LogP contribution in [0.25, 0.3) is 0 Å². The Morgan fingerprint density at radius 1 is 1.33 bits per heavy atom. The van der Waals surface area contributed by atoms with Gasteiger partial charge in [-0.25, -0.2) is 4.39 Å². The summed E-state index contributed by atoms with van der Waals surface area (Å²) in [5.41, 5.74) is -2.04. The number of halogens is 5. The third-order valence-corrected chi connectivity index (χ3v) is 4.21. The fourth-order valence-electron chi connectivity index (χ4n) is 2.47. The van der Waals surface area contributed by atoms with Gasteiger partial charge < -0.3 is 5.32 Å². The molecular weight excluding hydrogens is 310 g/mol. The predicted octanol–water partition coefficient (Wildman–Crippen LogP) is 3.98. The number of carbonyl (C=O) groups is 1. The summed E-state index contributed by atoms with van der Waals surface area (Å²) in [7, 11) is 0. The zero-order chi connectivity index (χ0) is 15.6. The van der Waals surface area contributed by atoms with Crippen molar-refractivity contribution < 1.29 is 22.4 Å². The molecule has 2 unspecified atom stereocenters. The number of benzene rings is 1. The van der Waals surface area contributed by atoms with E-state index in [1.807, 2.05) is 0 Å². The summed E-state index contributed by atoms with van der Waals surface area (Å²) >= 11 is 6.05. The van der Waals surface area contributed by atoms with E-state index in [1.165, 1.54) is 0 Å². The highest BCUT2D eigenvalue weighted by atomic mass is 35.5. The van der Waals surface area contributed by atoms with Crippen LogP contribution in [-0.4, -0.2) is 17.8 Å². The van der Waals surface area contributed by atoms with E-state index < -0.39 is 29.0 Å². The van der Waals surface area contributed by atoms with Gasteiger partial charge in [0.15, 0.2) is 0 Å². The quantitative estimate of drug-likeness (QED) is 0.661. The summed E-state index contributed by atoms with van der Waals surface area (Å²) in [6.07, 6.45) is -2.18. The first kappa shape index (κ1) is 16.1. The van der Waals surface area contributed by atoms with E-state index >= 15 is 0 Å². The van der Waals surface area contributed by atoms with Crippen molar-refractivity contribution in [2.24, 2.45) is 5.92 Å². The zero-order valence-corrected chi connectivity index (χ0v) is 11.8. The molecule has 1 saturated carbocycles. The van der Waals surface area contributed by atoms with Gasteiger partial charge in [0.05, 0.1) is 11.1 Å². The molecule has 1 aliphatic rings. The van der Waals surface area contributed by atoms with E-state index in [4.69, 9.17) is 11.6 Å². The summed E-state index contributed by atoms with van der Waals surface area (Å²) in [6.45, 7) is 0.239. The molecule has 1 aliphatic carbocycles. The normalized spacial score (nSPS) is 22.3. The van der Waals surface area contributed by atoms with E-state index in [0.29, 0.717) is 6.07 Å². The van der Waals surface area contributed by atoms with Gasteiger partial charge in [-0.1, -0.05) is 12.5 Å². The maximum absolute atomic E-state index is 13.8. The molecule has 0 spiro atoms. The van der Waals surface area contributed by atoms with Gasteiger partial charge in [-0.05, 0) is 30.9 Å². The van der Waals surface area contributed by atoms with Crippen LogP contribution < -0.4 is 5.32 Å². The Morgan fingerprint density at radius 3 is 2.62 bits per heavy atom. The van der Waals surface area contributed by atoms with Crippen LogP contribution in [0.3, 0.4) is 0 Å². The standard InChI is InChI=1S/C14H14ClF4NO/c15-11-6-1-3-8(11)7-20-13(21)9-4-2-5-10(12(9)16)14(17,18)19/h2,4-5,8,11H,1,3,6-7H2,(H,20,21). The van der Waals surface area contributed by atoms with Crippen molar-refractivity contribution in [3.05, 3.63) is 35.1 Å². The summed E-state index contributed by atoms with van der Waals surface area (Å²) in [6, 6.07) is 2.66. The molecule has 1 fully saturated rings. The molecule has 0 aliphatic heterocycles. The molecule has 2 nitrogen and oxygen atoms in total. The fraction of sp³-hybridized carbons (Fsp3) is 0.500. The Hall–Kier alpha value is -1.30. The molecule has 0 saturated heterocycles. The van der Waals surface area contributed by atoms with Crippen LogP contribution in [0.2, 0.25) is 0 Å². The van der Waals surface area contributed by atoms with Gasteiger partial charge in [0.1, 0.15) is 5.82 Å². The molecule has 2 atom stereocenters. The lowest BCUT2D eigenvalue weighted by atomic mass is 10.1. The van der Waals surface area contributed by atoms with Crippen molar-refractivity contribution >= 4 is 17.5 Å². The molecule has 116 valence electrons. The average molecular weight is 324 g/mol. The van der Waals surface area contributed by atoms with Crippen molar-refractivity contribution in [1.29, 1.82) is 0 Å². The zero-order valence-electron chi connectivity index (χ0n) is 11.0. The molecule has 1 aromatic carbocycles. The molecule has 0 heterocycles. The Morgan fingerprint density at radius 2 is 2.05 bits per heavy atom. The molecule has 1 amide bonds. The van der Waals surface area contributed by atoms with E-state index in [2.05, 4.69) is 5.32 Å². The van der Waals surface area contributed by atoms with Crippen molar-refractivity contribution in [3.8, 4) is 0 Å².